The average molecular weight is 166 g/mol. The van der Waals surface area contributed by atoms with Gasteiger partial charge in [0.1, 0.15) is 0 Å². The van der Waals surface area contributed by atoms with Crippen molar-refractivity contribution in [3.05, 3.63) is 0 Å². The van der Waals surface area contributed by atoms with E-state index in [2.05, 4.69) is 31.1 Å². The minimum Gasteiger partial charge on any atom is -0.369 e. The second-order valence-corrected chi connectivity index (χ2v) is 4.51. The Morgan fingerprint density at radius 3 is 2.83 bits per heavy atom. The lowest BCUT2D eigenvalue weighted by Crippen LogP contribution is -2.44. The van der Waals surface area contributed by atoms with Crippen molar-refractivity contribution in [1.82, 2.24) is 5.32 Å². The van der Waals surface area contributed by atoms with Crippen molar-refractivity contribution in [3.63, 3.8) is 0 Å². The molecule has 0 aromatic heterocycles. The summed E-state index contributed by atoms with van der Waals surface area (Å²) in [6, 6.07) is 1.21. The van der Waals surface area contributed by atoms with Crippen LogP contribution < -0.4 is 5.32 Å². The van der Waals surface area contributed by atoms with Gasteiger partial charge >= 0.3 is 0 Å². The largest absolute Gasteiger partial charge is 0.369 e. The maximum absolute atomic E-state index is 4.62. The smallest absolute Gasteiger partial charge is 0.0939 e. The molecule has 1 N–H and O–H groups in total. The Morgan fingerprint density at radius 1 is 1.33 bits per heavy atom. The lowest BCUT2D eigenvalue weighted by atomic mass is 9.77. The molecule has 0 bridgehead atoms. The standard InChI is InChI=1S/C10H18N2/c1-6-4-7(2)10-9(5-6)11-8(3)12-10/h6-7,9-10H,4-5H2,1-3H3,(H,11,12). The zero-order valence-corrected chi connectivity index (χ0v) is 8.17. The first-order valence-corrected chi connectivity index (χ1v) is 4.97. The highest BCUT2D eigenvalue weighted by atomic mass is 15.1. The lowest BCUT2D eigenvalue weighted by Gasteiger charge is -2.34. The molecule has 0 aromatic carbocycles. The summed E-state index contributed by atoms with van der Waals surface area (Å²) in [7, 11) is 0. The van der Waals surface area contributed by atoms with E-state index in [0.29, 0.717) is 12.1 Å². The van der Waals surface area contributed by atoms with Crippen LogP contribution in [0.1, 0.15) is 33.6 Å². The van der Waals surface area contributed by atoms with Crippen LogP contribution in [-0.4, -0.2) is 17.9 Å². The van der Waals surface area contributed by atoms with Crippen LogP contribution in [-0.2, 0) is 0 Å². The molecule has 0 amide bonds. The van der Waals surface area contributed by atoms with Gasteiger partial charge in [0.25, 0.3) is 0 Å². The molecular formula is C10H18N2. The van der Waals surface area contributed by atoms with Crippen molar-refractivity contribution in [2.75, 3.05) is 0 Å². The predicted octanol–water partition coefficient (Wildman–Crippen LogP) is 1.81. The fourth-order valence-corrected chi connectivity index (χ4v) is 2.71. The number of hydrogen-bond donors (Lipinski definition) is 1. The Morgan fingerprint density at radius 2 is 2.08 bits per heavy atom. The second kappa shape index (κ2) is 2.75. The van der Waals surface area contributed by atoms with Gasteiger partial charge in [-0.05, 0) is 31.6 Å². The molecule has 4 unspecified atom stereocenters. The van der Waals surface area contributed by atoms with E-state index in [1.807, 2.05) is 0 Å². The maximum atomic E-state index is 4.62. The zero-order chi connectivity index (χ0) is 8.72. The van der Waals surface area contributed by atoms with Crippen molar-refractivity contribution >= 4 is 5.84 Å². The van der Waals surface area contributed by atoms with Gasteiger partial charge in [-0.15, -0.1) is 0 Å². The number of hydrogen-bond acceptors (Lipinski definition) is 2. The van der Waals surface area contributed by atoms with Gasteiger partial charge < -0.3 is 5.32 Å². The molecule has 2 nitrogen and oxygen atoms in total. The molecule has 1 saturated carbocycles. The molecule has 2 rings (SSSR count). The molecule has 1 aliphatic carbocycles. The Hall–Kier alpha value is -0.530. The highest BCUT2D eigenvalue weighted by molar-refractivity contribution is 5.82. The summed E-state index contributed by atoms with van der Waals surface area (Å²) in [5, 5.41) is 3.48. The van der Waals surface area contributed by atoms with Gasteiger partial charge in [-0.2, -0.15) is 0 Å². The summed E-state index contributed by atoms with van der Waals surface area (Å²) in [5.74, 6) is 2.80. The number of fused-ring (bicyclic) bond motifs is 1. The van der Waals surface area contributed by atoms with Crippen LogP contribution in [0.25, 0.3) is 0 Å². The topological polar surface area (TPSA) is 24.4 Å². The number of nitrogens with zero attached hydrogens (tertiary/aromatic N) is 1. The van der Waals surface area contributed by atoms with Crippen molar-refractivity contribution < 1.29 is 0 Å². The first kappa shape index (κ1) is 8.09. The van der Waals surface area contributed by atoms with Crippen LogP contribution >= 0.6 is 0 Å². The van der Waals surface area contributed by atoms with Crippen LogP contribution in [0.3, 0.4) is 0 Å². The van der Waals surface area contributed by atoms with Gasteiger partial charge in [0.2, 0.25) is 0 Å². The van der Waals surface area contributed by atoms with Gasteiger partial charge in [-0.1, -0.05) is 13.8 Å². The first-order valence-electron chi connectivity index (χ1n) is 4.97. The molecule has 1 heterocycles. The third-order valence-electron chi connectivity index (χ3n) is 3.18. The van der Waals surface area contributed by atoms with Crippen molar-refractivity contribution in [3.8, 4) is 0 Å². The van der Waals surface area contributed by atoms with E-state index in [1.54, 1.807) is 0 Å². The molecule has 68 valence electrons. The molecule has 0 saturated heterocycles. The average Bonchev–Trinajstić information content (AvgIpc) is 2.29. The van der Waals surface area contributed by atoms with E-state index < -0.39 is 0 Å². The molecule has 1 aliphatic heterocycles. The van der Waals surface area contributed by atoms with E-state index >= 15 is 0 Å². The summed E-state index contributed by atoms with van der Waals surface area (Å²) >= 11 is 0. The lowest BCUT2D eigenvalue weighted by molar-refractivity contribution is 0.231. The number of rotatable bonds is 0. The quantitative estimate of drug-likeness (QED) is 0.583. The van der Waals surface area contributed by atoms with Crippen LogP contribution in [0.4, 0.5) is 0 Å². The highest BCUT2D eigenvalue weighted by Gasteiger charge is 2.36. The molecule has 0 radical (unpaired) electrons. The van der Waals surface area contributed by atoms with Gasteiger partial charge in [0.15, 0.2) is 0 Å². The highest BCUT2D eigenvalue weighted by Crippen LogP contribution is 2.32. The summed E-state index contributed by atoms with van der Waals surface area (Å²) in [6.07, 6.45) is 2.64. The zero-order valence-electron chi connectivity index (χ0n) is 8.17. The molecule has 0 spiro atoms. The van der Waals surface area contributed by atoms with Crippen molar-refractivity contribution in [2.24, 2.45) is 16.8 Å². The number of nitrogens with one attached hydrogen (secondary N) is 1. The van der Waals surface area contributed by atoms with E-state index in [9.17, 15) is 0 Å². The van der Waals surface area contributed by atoms with Gasteiger partial charge in [0.05, 0.1) is 17.9 Å². The van der Waals surface area contributed by atoms with E-state index in [4.69, 9.17) is 0 Å². The van der Waals surface area contributed by atoms with E-state index in [-0.39, 0.29) is 0 Å². The Labute approximate surface area is 74.5 Å². The third kappa shape index (κ3) is 1.23. The predicted molar refractivity (Wildman–Crippen MR) is 51.4 cm³/mol. The molecule has 12 heavy (non-hydrogen) atoms. The van der Waals surface area contributed by atoms with Gasteiger partial charge in [-0.3, -0.25) is 4.99 Å². The molecule has 0 aromatic rings. The summed E-state index contributed by atoms with van der Waals surface area (Å²) in [4.78, 5) is 4.62. The minimum absolute atomic E-state index is 0.573. The molecule has 1 fully saturated rings. The Bertz CT molecular complexity index is 210. The van der Waals surface area contributed by atoms with Crippen molar-refractivity contribution in [2.45, 2.75) is 45.7 Å². The van der Waals surface area contributed by atoms with Gasteiger partial charge in [0, 0.05) is 0 Å². The summed E-state index contributed by atoms with van der Waals surface area (Å²) in [6.45, 7) is 6.76. The van der Waals surface area contributed by atoms with E-state index in [0.717, 1.165) is 17.7 Å². The van der Waals surface area contributed by atoms with E-state index in [1.165, 1.54) is 12.8 Å². The van der Waals surface area contributed by atoms with Crippen LogP contribution in [0.15, 0.2) is 4.99 Å². The SMILES string of the molecule is CC1=NC2CC(C)CC(C)C2N1. The van der Waals surface area contributed by atoms with Crippen LogP contribution in [0.5, 0.6) is 0 Å². The van der Waals surface area contributed by atoms with Gasteiger partial charge in [-0.25, -0.2) is 0 Å². The Balaban J connectivity index is 2.11. The molecule has 4 atom stereocenters. The number of amidine groups is 1. The fourth-order valence-electron chi connectivity index (χ4n) is 2.71. The van der Waals surface area contributed by atoms with Crippen LogP contribution in [0, 0.1) is 11.8 Å². The summed E-state index contributed by atoms with van der Waals surface area (Å²) in [5.41, 5.74) is 0. The normalized spacial score (nSPS) is 46.4. The first-order chi connectivity index (χ1) is 5.66. The third-order valence-corrected chi connectivity index (χ3v) is 3.18. The molecule has 2 heteroatoms. The summed E-state index contributed by atoms with van der Waals surface area (Å²) < 4.78 is 0. The molecular weight excluding hydrogens is 148 g/mol. The fraction of sp³-hybridized carbons (Fsp3) is 0.900. The number of aliphatic imine (C=N–C) groups is 1. The van der Waals surface area contributed by atoms with Crippen LogP contribution in [0.2, 0.25) is 0 Å². The Kier molecular flexibility index (Phi) is 1.85. The monoisotopic (exact) mass is 166 g/mol. The maximum Gasteiger partial charge on any atom is 0.0939 e. The second-order valence-electron chi connectivity index (χ2n) is 4.51. The minimum atomic E-state index is 0.573. The van der Waals surface area contributed by atoms with Crippen molar-refractivity contribution in [1.29, 1.82) is 0 Å². The molecule has 2 aliphatic rings.